The molecule has 6 aromatic carbocycles. The Hall–Kier alpha value is -5.54. The Bertz CT molecular complexity index is 2180. The minimum atomic E-state index is 0.731. The summed E-state index contributed by atoms with van der Waals surface area (Å²) in [6.45, 7) is 0. The molecule has 0 aliphatic carbocycles. The fourth-order valence-electron chi connectivity index (χ4n) is 5.70. The van der Waals surface area contributed by atoms with Gasteiger partial charge in [-0.2, -0.15) is 0 Å². The van der Waals surface area contributed by atoms with E-state index in [1.165, 1.54) is 5.56 Å². The Labute approximate surface area is 237 Å². The first kappa shape index (κ1) is 23.4. The minimum absolute atomic E-state index is 0.731. The van der Waals surface area contributed by atoms with E-state index in [-0.39, 0.29) is 0 Å². The number of rotatable bonds is 4. The summed E-state index contributed by atoms with van der Waals surface area (Å²) in [5.74, 6) is 0.731. The molecule has 0 unspecified atom stereocenters. The van der Waals surface area contributed by atoms with Crippen LogP contribution in [0.4, 0.5) is 0 Å². The highest BCUT2D eigenvalue weighted by atomic mass is 16.3. The van der Waals surface area contributed by atoms with Crippen LogP contribution in [0.1, 0.15) is 0 Å². The molecule has 0 atom stereocenters. The number of hydrogen-bond donors (Lipinski definition) is 0. The van der Waals surface area contributed by atoms with Gasteiger partial charge in [0.15, 0.2) is 5.82 Å². The van der Waals surface area contributed by atoms with Crippen molar-refractivity contribution in [2.45, 2.75) is 0 Å². The standard InChI is InChI=1S/C38H24N2O/c1-3-10-27(11-4-1)37-32-24-29(22-23-33(32)39-38(40-37)28-12-5-2-6-13-28)25-18-20-26(21-19-25)30-15-9-17-35-36(30)31-14-7-8-16-34(31)41-35/h1-24H. The molecular weight excluding hydrogens is 500 g/mol. The van der Waals surface area contributed by atoms with E-state index in [2.05, 4.69) is 103 Å². The van der Waals surface area contributed by atoms with Crippen LogP contribution < -0.4 is 0 Å². The smallest absolute Gasteiger partial charge is 0.160 e. The summed E-state index contributed by atoms with van der Waals surface area (Å²) in [6, 6.07) is 50.3. The molecule has 0 amide bonds. The van der Waals surface area contributed by atoms with Gasteiger partial charge in [0.2, 0.25) is 0 Å². The lowest BCUT2D eigenvalue weighted by atomic mass is 9.96. The number of benzene rings is 6. The first-order valence-electron chi connectivity index (χ1n) is 13.8. The largest absolute Gasteiger partial charge is 0.456 e. The molecule has 0 N–H and O–H groups in total. The van der Waals surface area contributed by atoms with Gasteiger partial charge in [0.1, 0.15) is 11.2 Å². The Balaban J connectivity index is 1.24. The molecule has 0 aliphatic heterocycles. The summed E-state index contributed by atoms with van der Waals surface area (Å²) in [4.78, 5) is 10.0. The zero-order valence-electron chi connectivity index (χ0n) is 22.2. The predicted octanol–water partition coefficient (Wildman–Crippen LogP) is 10.2. The quantitative estimate of drug-likeness (QED) is 0.230. The summed E-state index contributed by atoms with van der Waals surface area (Å²) in [7, 11) is 0. The molecule has 3 nitrogen and oxygen atoms in total. The number of para-hydroxylation sites is 1. The second-order valence-corrected chi connectivity index (χ2v) is 10.2. The SMILES string of the molecule is c1ccc(-c2nc(-c3ccccc3)c3cc(-c4ccc(-c5cccc6oc7ccccc7c56)cc4)ccc3n2)cc1. The van der Waals surface area contributed by atoms with Crippen LogP contribution in [-0.2, 0) is 0 Å². The van der Waals surface area contributed by atoms with E-state index < -0.39 is 0 Å². The van der Waals surface area contributed by atoms with Crippen molar-refractivity contribution in [1.29, 1.82) is 0 Å². The fraction of sp³-hybridized carbons (Fsp3) is 0. The van der Waals surface area contributed by atoms with Gasteiger partial charge in [-0.1, -0.05) is 121 Å². The third-order valence-corrected chi connectivity index (χ3v) is 7.71. The number of furan rings is 1. The van der Waals surface area contributed by atoms with E-state index in [1.54, 1.807) is 0 Å². The van der Waals surface area contributed by atoms with Gasteiger partial charge in [-0.3, -0.25) is 0 Å². The monoisotopic (exact) mass is 524 g/mol. The molecule has 8 rings (SSSR count). The van der Waals surface area contributed by atoms with Crippen molar-refractivity contribution in [3.05, 3.63) is 146 Å². The van der Waals surface area contributed by atoms with Gasteiger partial charge in [-0.05, 0) is 46.5 Å². The van der Waals surface area contributed by atoms with E-state index in [9.17, 15) is 0 Å². The maximum atomic E-state index is 6.12. The van der Waals surface area contributed by atoms with Gasteiger partial charge in [0, 0.05) is 27.3 Å². The van der Waals surface area contributed by atoms with E-state index in [0.29, 0.717) is 0 Å². The molecule has 8 aromatic rings. The Morgan fingerprint density at radius 2 is 1.07 bits per heavy atom. The summed E-state index contributed by atoms with van der Waals surface area (Å²) < 4.78 is 6.12. The van der Waals surface area contributed by atoms with Crippen molar-refractivity contribution < 1.29 is 4.42 Å². The first-order valence-corrected chi connectivity index (χ1v) is 13.8. The van der Waals surface area contributed by atoms with Crippen molar-refractivity contribution in [1.82, 2.24) is 9.97 Å². The number of aromatic nitrogens is 2. The Kier molecular flexibility index (Phi) is 5.46. The predicted molar refractivity (Wildman–Crippen MR) is 169 cm³/mol. The van der Waals surface area contributed by atoms with Gasteiger partial charge >= 0.3 is 0 Å². The lowest BCUT2D eigenvalue weighted by molar-refractivity contribution is 0.669. The number of fused-ring (bicyclic) bond motifs is 4. The summed E-state index contributed by atoms with van der Waals surface area (Å²) in [6.07, 6.45) is 0. The fourth-order valence-corrected chi connectivity index (χ4v) is 5.70. The van der Waals surface area contributed by atoms with Crippen molar-refractivity contribution in [3.63, 3.8) is 0 Å². The lowest BCUT2D eigenvalue weighted by Crippen LogP contribution is -1.95. The molecule has 0 spiro atoms. The number of nitrogens with zero attached hydrogens (tertiary/aromatic N) is 2. The summed E-state index contributed by atoms with van der Waals surface area (Å²) in [5, 5.41) is 3.33. The second kappa shape index (κ2) is 9.58. The van der Waals surface area contributed by atoms with Crippen LogP contribution in [0, 0.1) is 0 Å². The van der Waals surface area contributed by atoms with Crippen molar-refractivity contribution in [2.24, 2.45) is 0 Å². The maximum Gasteiger partial charge on any atom is 0.160 e. The first-order chi connectivity index (χ1) is 20.3. The minimum Gasteiger partial charge on any atom is -0.456 e. The molecule has 0 bridgehead atoms. The Morgan fingerprint density at radius 3 is 1.88 bits per heavy atom. The van der Waals surface area contributed by atoms with Crippen LogP contribution in [0.2, 0.25) is 0 Å². The molecule has 0 saturated heterocycles. The third-order valence-electron chi connectivity index (χ3n) is 7.71. The van der Waals surface area contributed by atoms with Crippen LogP contribution in [0.3, 0.4) is 0 Å². The van der Waals surface area contributed by atoms with Crippen molar-refractivity contribution in [3.8, 4) is 44.9 Å². The summed E-state index contributed by atoms with van der Waals surface area (Å²) >= 11 is 0. The van der Waals surface area contributed by atoms with Crippen LogP contribution in [-0.4, -0.2) is 9.97 Å². The lowest BCUT2D eigenvalue weighted by Gasteiger charge is -2.12. The van der Waals surface area contributed by atoms with Crippen LogP contribution >= 0.6 is 0 Å². The van der Waals surface area contributed by atoms with Gasteiger partial charge in [-0.15, -0.1) is 0 Å². The molecular formula is C38H24N2O. The number of hydrogen-bond acceptors (Lipinski definition) is 3. The average molecular weight is 525 g/mol. The topological polar surface area (TPSA) is 38.9 Å². The normalized spacial score (nSPS) is 11.4. The molecule has 3 heteroatoms. The highest BCUT2D eigenvalue weighted by molar-refractivity contribution is 6.12. The zero-order valence-corrected chi connectivity index (χ0v) is 22.2. The molecule has 192 valence electrons. The maximum absolute atomic E-state index is 6.12. The molecule has 0 fully saturated rings. The van der Waals surface area contributed by atoms with E-state index in [1.807, 2.05) is 42.5 Å². The van der Waals surface area contributed by atoms with Crippen LogP contribution in [0.15, 0.2) is 150 Å². The summed E-state index contributed by atoms with van der Waals surface area (Å²) in [5.41, 5.74) is 10.4. The molecule has 2 aromatic heterocycles. The third kappa shape index (κ3) is 4.07. The van der Waals surface area contributed by atoms with Gasteiger partial charge < -0.3 is 4.42 Å². The van der Waals surface area contributed by atoms with Gasteiger partial charge in [0.05, 0.1) is 11.2 Å². The highest BCUT2D eigenvalue weighted by Gasteiger charge is 2.14. The van der Waals surface area contributed by atoms with Gasteiger partial charge in [0.25, 0.3) is 0 Å². The van der Waals surface area contributed by atoms with E-state index in [4.69, 9.17) is 14.4 Å². The highest BCUT2D eigenvalue weighted by Crippen LogP contribution is 2.38. The Morgan fingerprint density at radius 1 is 0.415 bits per heavy atom. The average Bonchev–Trinajstić information content (AvgIpc) is 3.44. The van der Waals surface area contributed by atoms with Crippen LogP contribution in [0.5, 0.6) is 0 Å². The molecule has 2 heterocycles. The molecule has 0 aliphatic rings. The van der Waals surface area contributed by atoms with Crippen molar-refractivity contribution >= 4 is 32.8 Å². The molecule has 0 saturated carbocycles. The molecule has 41 heavy (non-hydrogen) atoms. The van der Waals surface area contributed by atoms with Crippen molar-refractivity contribution in [2.75, 3.05) is 0 Å². The zero-order chi connectivity index (χ0) is 27.2. The second-order valence-electron chi connectivity index (χ2n) is 10.2. The van der Waals surface area contributed by atoms with E-state index >= 15 is 0 Å². The van der Waals surface area contributed by atoms with Gasteiger partial charge in [-0.25, -0.2) is 9.97 Å². The van der Waals surface area contributed by atoms with E-state index in [0.717, 1.165) is 72.2 Å². The van der Waals surface area contributed by atoms with Crippen LogP contribution in [0.25, 0.3) is 77.7 Å². The molecule has 0 radical (unpaired) electrons.